The van der Waals surface area contributed by atoms with E-state index in [1.807, 2.05) is 0 Å². The van der Waals surface area contributed by atoms with Gasteiger partial charge in [-0.2, -0.15) is 11.8 Å². The average molecular weight is 286 g/mol. The fourth-order valence-electron chi connectivity index (χ4n) is 2.67. The molecule has 0 saturated heterocycles. The molecular weight excluding hydrogens is 256 g/mol. The molecule has 0 aromatic heterocycles. The van der Waals surface area contributed by atoms with E-state index in [0.29, 0.717) is 12.0 Å². The van der Waals surface area contributed by atoms with E-state index >= 15 is 0 Å². The number of nitrogens with two attached hydrogens (primary N) is 1. The van der Waals surface area contributed by atoms with Crippen molar-refractivity contribution in [2.24, 2.45) is 11.7 Å². The number of thioether (sulfide) groups is 1. The zero-order chi connectivity index (χ0) is 14.3. The Hall–Kier alpha value is -0.220. The van der Waals surface area contributed by atoms with Gasteiger partial charge in [-0.25, -0.2) is 0 Å². The normalized spacial score (nSPS) is 17.9. The molecular formula is C15H30N2OS. The molecule has 1 aliphatic rings. The standard InChI is InChI=1S/C15H30N2OS/c1-12(2)8-10-17(13-6-4-5-7-13)15(18)14(16)9-11-19-3/h12-14H,4-11,16H2,1-3H3/t14-/m1/s1. The van der Waals surface area contributed by atoms with Gasteiger partial charge in [0.1, 0.15) is 0 Å². The summed E-state index contributed by atoms with van der Waals surface area (Å²) in [6.07, 6.45) is 8.79. The third kappa shape index (κ3) is 5.74. The van der Waals surface area contributed by atoms with Gasteiger partial charge in [0.15, 0.2) is 0 Å². The van der Waals surface area contributed by atoms with Crippen LogP contribution in [0.3, 0.4) is 0 Å². The van der Waals surface area contributed by atoms with Gasteiger partial charge in [0.05, 0.1) is 6.04 Å². The third-order valence-electron chi connectivity index (χ3n) is 3.95. The molecule has 0 aliphatic heterocycles. The number of carbonyl (C=O) groups is 1. The zero-order valence-corrected chi connectivity index (χ0v) is 13.5. The fraction of sp³-hybridized carbons (Fsp3) is 0.933. The largest absolute Gasteiger partial charge is 0.338 e. The smallest absolute Gasteiger partial charge is 0.239 e. The molecule has 0 bridgehead atoms. The van der Waals surface area contributed by atoms with Crippen LogP contribution in [0.4, 0.5) is 0 Å². The molecule has 3 nitrogen and oxygen atoms in total. The van der Waals surface area contributed by atoms with Crippen molar-refractivity contribution in [2.75, 3.05) is 18.6 Å². The summed E-state index contributed by atoms with van der Waals surface area (Å²) < 4.78 is 0. The fourth-order valence-corrected chi connectivity index (χ4v) is 3.16. The molecule has 1 saturated carbocycles. The summed E-state index contributed by atoms with van der Waals surface area (Å²) in [4.78, 5) is 14.6. The van der Waals surface area contributed by atoms with E-state index < -0.39 is 0 Å². The number of rotatable bonds is 8. The van der Waals surface area contributed by atoms with Gasteiger partial charge in [-0.3, -0.25) is 4.79 Å². The molecule has 1 rings (SSSR count). The molecule has 2 N–H and O–H groups in total. The summed E-state index contributed by atoms with van der Waals surface area (Å²) in [7, 11) is 0. The number of hydrogen-bond donors (Lipinski definition) is 1. The summed E-state index contributed by atoms with van der Waals surface area (Å²) in [5.41, 5.74) is 6.07. The number of carbonyl (C=O) groups excluding carboxylic acids is 1. The summed E-state index contributed by atoms with van der Waals surface area (Å²) in [5, 5.41) is 0. The van der Waals surface area contributed by atoms with Crippen molar-refractivity contribution >= 4 is 17.7 Å². The molecule has 19 heavy (non-hydrogen) atoms. The second-order valence-corrected chi connectivity index (χ2v) is 7.03. The molecule has 0 unspecified atom stereocenters. The van der Waals surface area contributed by atoms with Gasteiger partial charge < -0.3 is 10.6 Å². The first-order valence-electron chi connectivity index (χ1n) is 7.61. The molecule has 0 radical (unpaired) electrons. The highest BCUT2D eigenvalue weighted by molar-refractivity contribution is 7.98. The highest BCUT2D eigenvalue weighted by atomic mass is 32.2. The quantitative estimate of drug-likeness (QED) is 0.746. The van der Waals surface area contributed by atoms with Gasteiger partial charge >= 0.3 is 0 Å². The minimum absolute atomic E-state index is 0.182. The zero-order valence-electron chi connectivity index (χ0n) is 12.7. The van der Waals surface area contributed by atoms with E-state index in [1.165, 1.54) is 25.7 Å². The average Bonchev–Trinajstić information content (AvgIpc) is 2.89. The van der Waals surface area contributed by atoms with Gasteiger partial charge in [-0.05, 0) is 43.6 Å². The first-order chi connectivity index (χ1) is 9.06. The molecule has 0 aromatic carbocycles. The van der Waals surface area contributed by atoms with Crippen LogP contribution in [0.1, 0.15) is 52.4 Å². The molecule has 1 fully saturated rings. The van der Waals surface area contributed by atoms with Crippen LogP contribution in [0.25, 0.3) is 0 Å². The monoisotopic (exact) mass is 286 g/mol. The molecule has 0 spiro atoms. The van der Waals surface area contributed by atoms with E-state index in [9.17, 15) is 4.79 Å². The maximum atomic E-state index is 12.5. The lowest BCUT2D eigenvalue weighted by Gasteiger charge is -2.32. The Morgan fingerprint density at radius 1 is 1.32 bits per heavy atom. The van der Waals surface area contributed by atoms with E-state index in [1.54, 1.807) is 11.8 Å². The van der Waals surface area contributed by atoms with Crippen molar-refractivity contribution in [1.82, 2.24) is 4.90 Å². The molecule has 0 heterocycles. The first-order valence-corrected chi connectivity index (χ1v) is 9.00. The Labute approximate surface area is 122 Å². The molecule has 1 aliphatic carbocycles. The van der Waals surface area contributed by atoms with Crippen LogP contribution < -0.4 is 5.73 Å². The predicted octanol–water partition coefficient (Wildman–Crippen LogP) is 2.88. The Balaban J connectivity index is 2.57. The molecule has 1 amide bonds. The lowest BCUT2D eigenvalue weighted by Crippen LogP contribution is -2.48. The van der Waals surface area contributed by atoms with E-state index in [4.69, 9.17) is 5.73 Å². The van der Waals surface area contributed by atoms with Crippen LogP contribution in [0, 0.1) is 5.92 Å². The SMILES string of the molecule is CSCC[C@@H](N)C(=O)N(CCC(C)C)C1CCCC1. The lowest BCUT2D eigenvalue weighted by atomic mass is 10.1. The van der Waals surface area contributed by atoms with Crippen molar-refractivity contribution in [3.8, 4) is 0 Å². The Kier molecular flexibility index (Phi) is 7.84. The van der Waals surface area contributed by atoms with Gasteiger partial charge in [0.25, 0.3) is 0 Å². The maximum Gasteiger partial charge on any atom is 0.239 e. The Bertz CT molecular complexity index is 265. The van der Waals surface area contributed by atoms with Crippen LogP contribution in [0.15, 0.2) is 0 Å². The second kappa shape index (κ2) is 8.85. The molecule has 112 valence electrons. The summed E-state index contributed by atoms with van der Waals surface area (Å²) in [6, 6.07) is 0.145. The van der Waals surface area contributed by atoms with Gasteiger partial charge in [0.2, 0.25) is 5.91 Å². The van der Waals surface area contributed by atoms with Crippen LogP contribution in [-0.4, -0.2) is 41.4 Å². The summed E-state index contributed by atoms with van der Waals surface area (Å²) in [5.74, 6) is 1.79. The Morgan fingerprint density at radius 2 is 1.95 bits per heavy atom. The van der Waals surface area contributed by atoms with Gasteiger partial charge in [-0.1, -0.05) is 26.7 Å². The number of hydrogen-bond acceptors (Lipinski definition) is 3. The maximum absolute atomic E-state index is 12.5. The molecule has 1 atom stereocenters. The van der Waals surface area contributed by atoms with Crippen molar-refractivity contribution in [3.63, 3.8) is 0 Å². The highest BCUT2D eigenvalue weighted by Crippen LogP contribution is 2.25. The minimum atomic E-state index is -0.305. The summed E-state index contributed by atoms with van der Waals surface area (Å²) in [6.45, 7) is 5.31. The third-order valence-corrected chi connectivity index (χ3v) is 4.59. The van der Waals surface area contributed by atoms with Crippen LogP contribution in [-0.2, 0) is 4.79 Å². The van der Waals surface area contributed by atoms with Crippen LogP contribution >= 0.6 is 11.8 Å². The molecule has 4 heteroatoms. The van der Waals surface area contributed by atoms with Crippen molar-refractivity contribution in [2.45, 2.75) is 64.5 Å². The van der Waals surface area contributed by atoms with Gasteiger partial charge in [0, 0.05) is 12.6 Å². The second-order valence-electron chi connectivity index (χ2n) is 6.04. The number of nitrogens with zero attached hydrogens (tertiary/aromatic N) is 1. The van der Waals surface area contributed by atoms with Crippen LogP contribution in [0.2, 0.25) is 0 Å². The molecule has 0 aromatic rings. The Morgan fingerprint density at radius 3 is 2.47 bits per heavy atom. The van der Waals surface area contributed by atoms with E-state index in [-0.39, 0.29) is 11.9 Å². The topological polar surface area (TPSA) is 46.3 Å². The highest BCUT2D eigenvalue weighted by Gasteiger charge is 2.29. The predicted molar refractivity (Wildman–Crippen MR) is 84.4 cm³/mol. The lowest BCUT2D eigenvalue weighted by molar-refractivity contribution is -0.135. The van der Waals surface area contributed by atoms with Crippen molar-refractivity contribution < 1.29 is 4.79 Å². The first kappa shape index (κ1) is 16.8. The van der Waals surface area contributed by atoms with Gasteiger partial charge in [-0.15, -0.1) is 0 Å². The number of amides is 1. The van der Waals surface area contributed by atoms with E-state index in [0.717, 1.165) is 25.1 Å². The van der Waals surface area contributed by atoms with Crippen LogP contribution in [0.5, 0.6) is 0 Å². The van der Waals surface area contributed by atoms with Crippen molar-refractivity contribution in [3.05, 3.63) is 0 Å². The van der Waals surface area contributed by atoms with E-state index in [2.05, 4.69) is 25.0 Å². The minimum Gasteiger partial charge on any atom is -0.338 e. The summed E-state index contributed by atoms with van der Waals surface area (Å²) >= 11 is 1.76. The van der Waals surface area contributed by atoms with Crippen molar-refractivity contribution in [1.29, 1.82) is 0 Å².